The molecule has 4 nitrogen and oxygen atoms in total. The van der Waals surface area contributed by atoms with E-state index in [-0.39, 0.29) is 4.75 Å². The first-order chi connectivity index (χ1) is 8.92. The van der Waals surface area contributed by atoms with E-state index in [1.165, 1.54) is 15.6 Å². The summed E-state index contributed by atoms with van der Waals surface area (Å²) in [5.74, 6) is 0. The molecule has 0 radical (unpaired) electrons. The van der Waals surface area contributed by atoms with Gasteiger partial charge < -0.3 is 5.73 Å². The van der Waals surface area contributed by atoms with Crippen molar-refractivity contribution in [2.45, 2.75) is 21.8 Å². The monoisotopic (exact) mass is 336 g/mol. The number of thiocarbonyl (C=S) groups is 1. The van der Waals surface area contributed by atoms with Crippen LogP contribution in [0, 0.1) is 0 Å². The maximum absolute atomic E-state index is 12.4. The average molecular weight is 337 g/mol. The van der Waals surface area contributed by atoms with E-state index in [4.69, 9.17) is 18.0 Å². The van der Waals surface area contributed by atoms with Crippen molar-refractivity contribution < 1.29 is 8.42 Å². The van der Waals surface area contributed by atoms with Gasteiger partial charge in [-0.1, -0.05) is 18.3 Å². The van der Waals surface area contributed by atoms with Crippen LogP contribution in [0.15, 0.2) is 21.7 Å². The third-order valence-corrected chi connectivity index (χ3v) is 8.66. The second kappa shape index (κ2) is 5.69. The number of nitrogens with zero attached hydrogens (tertiary/aromatic N) is 1. The van der Waals surface area contributed by atoms with Gasteiger partial charge >= 0.3 is 0 Å². The lowest BCUT2D eigenvalue weighted by Crippen LogP contribution is -2.50. The minimum Gasteiger partial charge on any atom is -0.392 e. The Kier molecular flexibility index (Phi) is 4.56. The molecular weight excluding hydrogens is 320 g/mol. The summed E-state index contributed by atoms with van der Waals surface area (Å²) in [7, 11) is -3.34. The molecule has 0 spiro atoms. The van der Waals surface area contributed by atoms with Crippen molar-refractivity contribution in [1.82, 2.24) is 4.31 Å². The molecule has 1 saturated heterocycles. The van der Waals surface area contributed by atoms with Gasteiger partial charge in [0, 0.05) is 13.1 Å². The maximum atomic E-state index is 12.4. The van der Waals surface area contributed by atoms with Crippen LogP contribution in [-0.4, -0.2) is 41.8 Å². The Morgan fingerprint density at radius 2 is 2.16 bits per heavy atom. The molecule has 0 aromatic carbocycles. The van der Waals surface area contributed by atoms with Crippen LogP contribution in [0.5, 0.6) is 0 Å². The second-order valence-electron chi connectivity index (χ2n) is 4.40. The number of hydrogen-bond donors (Lipinski definition) is 1. The van der Waals surface area contributed by atoms with Crippen LogP contribution < -0.4 is 5.73 Å². The zero-order chi connectivity index (χ0) is 14.1. The highest BCUT2D eigenvalue weighted by Crippen LogP contribution is 2.36. The molecule has 1 aromatic heterocycles. The van der Waals surface area contributed by atoms with E-state index in [2.05, 4.69) is 0 Å². The summed E-state index contributed by atoms with van der Waals surface area (Å²) >= 11 is 8.01. The maximum Gasteiger partial charge on any atom is 0.252 e. The number of thioether (sulfide) groups is 1. The normalized spacial score (nSPS) is 20.3. The summed E-state index contributed by atoms with van der Waals surface area (Å²) in [6.07, 6.45) is 3.32. The zero-order valence-corrected chi connectivity index (χ0v) is 13.8. The van der Waals surface area contributed by atoms with Crippen molar-refractivity contribution >= 4 is 50.3 Å². The van der Waals surface area contributed by atoms with Gasteiger partial charge in [0.15, 0.2) is 0 Å². The Morgan fingerprint density at radius 3 is 2.58 bits per heavy atom. The van der Waals surface area contributed by atoms with Gasteiger partial charge in [0.25, 0.3) is 10.0 Å². The molecule has 1 aliphatic rings. The highest BCUT2D eigenvalue weighted by molar-refractivity contribution is 8.02. The van der Waals surface area contributed by atoms with Crippen LogP contribution in [0.25, 0.3) is 0 Å². The fourth-order valence-electron chi connectivity index (χ4n) is 2.18. The molecule has 2 rings (SSSR count). The smallest absolute Gasteiger partial charge is 0.252 e. The fraction of sp³-hybridized carbons (Fsp3) is 0.545. The number of nitrogens with two attached hydrogens (primary N) is 1. The first-order valence-electron chi connectivity index (χ1n) is 5.81. The van der Waals surface area contributed by atoms with E-state index in [1.54, 1.807) is 29.3 Å². The van der Waals surface area contributed by atoms with Crippen molar-refractivity contribution in [2.24, 2.45) is 5.73 Å². The van der Waals surface area contributed by atoms with E-state index in [0.717, 1.165) is 0 Å². The van der Waals surface area contributed by atoms with Gasteiger partial charge in [0.2, 0.25) is 0 Å². The minimum absolute atomic E-state index is 0.253. The largest absolute Gasteiger partial charge is 0.392 e. The van der Waals surface area contributed by atoms with Crippen LogP contribution >= 0.6 is 35.3 Å². The van der Waals surface area contributed by atoms with E-state index < -0.39 is 10.0 Å². The van der Waals surface area contributed by atoms with E-state index in [9.17, 15) is 8.42 Å². The predicted molar refractivity (Wildman–Crippen MR) is 85.3 cm³/mol. The van der Waals surface area contributed by atoms with Crippen molar-refractivity contribution in [3.05, 3.63) is 17.5 Å². The molecule has 1 fully saturated rings. The lowest BCUT2D eigenvalue weighted by Gasteiger charge is -2.39. The third-order valence-electron chi connectivity index (χ3n) is 3.46. The van der Waals surface area contributed by atoms with Gasteiger partial charge in [-0.2, -0.15) is 16.1 Å². The third kappa shape index (κ3) is 2.82. The molecule has 0 amide bonds. The topological polar surface area (TPSA) is 63.4 Å². The molecule has 1 aliphatic heterocycles. The number of sulfonamides is 1. The summed E-state index contributed by atoms with van der Waals surface area (Å²) in [5.41, 5.74) is 5.81. The first-order valence-corrected chi connectivity index (χ1v) is 9.76. The van der Waals surface area contributed by atoms with Crippen molar-refractivity contribution in [2.75, 3.05) is 19.3 Å². The Bertz CT molecular complexity index is 545. The van der Waals surface area contributed by atoms with Crippen LogP contribution in [0.2, 0.25) is 0 Å². The zero-order valence-electron chi connectivity index (χ0n) is 10.5. The molecule has 0 bridgehead atoms. The highest BCUT2D eigenvalue weighted by Gasteiger charge is 2.40. The van der Waals surface area contributed by atoms with E-state index >= 15 is 0 Å². The molecule has 8 heteroatoms. The molecule has 106 valence electrons. The lowest BCUT2D eigenvalue weighted by molar-refractivity contribution is 0.333. The Labute approximate surface area is 127 Å². The number of piperidine rings is 1. The van der Waals surface area contributed by atoms with Crippen LogP contribution in [0.1, 0.15) is 12.8 Å². The highest BCUT2D eigenvalue weighted by atomic mass is 32.2. The number of hydrogen-bond acceptors (Lipinski definition) is 5. The molecule has 0 aliphatic carbocycles. The molecule has 0 atom stereocenters. The molecular formula is C11H16N2O2S4. The van der Waals surface area contributed by atoms with Gasteiger partial charge in [-0.25, -0.2) is 8.42 Å². The summed E-state index contributed by atoms with van der Waals surface area (Å²) in [5, 5.41) is 1.78. The average Bonchev–Trinajstić information content (AvgIpc) is 2.93. The van der Waals surface area contributed by atoms with Gasteiger partial charge in [-0.3, -0.25) is 0 Å². The lowest BCUT2D eigenvalue weighted by atomic mass is 9.97. The Morgan fingerprint density at radius 1 is 1.53 bits per heavy atom. The number of thiophene rings is 1. The molecule has 19 heavy (non-hydrogen) atoms. The molecule has 2 N–H and O–H groups in total. The van der Waals surface area contributed by atoms with Crippen LogP contribution in [-0.2, 0) is 10.0 Å². The van der Waals surface area contributed by atoms with Gasteiger partial charge in [0.05, 0.1) is 9.74 Å². The Hall–Kier alpha value is -0.150. The summed E-state index contributed by atoms with van der Waals surface area (Å²) in [6.45, 7) is 0.941. The SMILES string of the molecule is CSC1(C(N)=S)CCN(S(=O)(=O)c2cccs2)CC1. The van der Waals surface area contributed by atoms with Gasteiger partial charge in [-0.15, -0.1) is 11.3 Å². The molecule has 1 aromatic rings. The second-order valence-corrected chi connectivity index (χ2v) is 9.14. The first kappa shape index (κ1) is 15.2. The molecule has 0 unspecified atom stereocenters. The van der Waals surface area contributed by atoms with Gasteiger partial charge in [-0.05, 0) is 30.5 Å². The minimum atomic E-state index is -3.34. The quantitative estimate of drug-likeness (QED) is 0.851. The van der Waals surface area contributed by atoms with Crippen LogP contribution in [0.3, 0.4) is 0 Å². The van der Waals surface area contributed by atoms with Gasteiger partial charge in [0.1, 0.15) is 4.21 Å². The number of rotatable bonds is 4. The van der Waals surface area contributed by atoms with Crippen molar-refractivity contribution in [3.8, 4) is 0 Å². The summed E-state index contributed by atoms with van der Waals surface area (Å²) in [4.78, 5) is 0.480. The Balaban J connectivity index is 2.15. The van der Waals surface area contributed by atoms with E-state index in [1.807, 2.05) is 6.26 Å². The predicted octanol–water partition coefficient (Wildman–Crippen LogP) is 1.92. The summed E-state index contributed by atoms with van der Waals surface area (Å²) < 4.78 is 26.4. The van der Waals surface area contributed by atoms with Crippen molar-refractivity contribution in [3.63, 3.8) is 0 Å². The molecule has 0 saturated carbocycles. The molecule has 2 heterocycles. The van der Waals surface area contributed by atoms with Crippen LogP contribution in [0.4, 0.5) is 0 Å². The fourth-order valence-corrected chi connectivity index (χ4v) is 6.01. The van der Waals surface area contributed by atoms with E-state index in [0.29, 0.717) is 35.1 Å². The standard InChI is InChI=1S/C11H16N2O2S4/c1-17-11(10(12)16)4-6-13(7-5-11)19(14,15)9-3-2-8-18-9/h2-3,8H,4-7H2,1H3,(H2,12,16). The van der Waals surface area contributed by atoms with Crippen molar-refractivity contribution in [1.29, 1.82) is 0 Å². The summed E-state index contributed by atoms with van der Waals surface area (Å²) in [6, 6.07) is 3.40.